The van der Waals surface area contributed by atoms with E-state index < -0.39 is 0 Å². The molecule has 0 amide bonds. The smallest absolute Gasteiger partial charge is 0.0584 e. The molecule has 20 heavy (non-hydrogen) atoms. The van der Waals surface area contributed by atoms with Crippen LogP contribution in [0.4, 0.5) is 0 Å². The topological polar surface area (TPSA) is 21.3 Å². The molecule has 1 aromatic rings. The Morgan fingerprint density at radius 2 is 2.35 bits per heavy atom. The second-order valence-electron chi connectivity index (χ2n) is 5.52. The van der Waals surface area contributed by atoms with Crippen LogP contribution in [0, 0.1) is 0 Å². The Bertz CT molecular complexity index is 390. The van der Waals surface area contributed by atoms with E-state index in [0.29, 0.717) is 12.1 Å². The first kappa shape index (κ1) is 15.9. The van der Waals surface area contributed by atoms with E-state index in [1.165, 1.54) is 36.1 Å². The fourth-order valence-electron chi connectivity index (χ4n) is 2.53. The van der Waals surface area contributed by atoms with Crippen molar-refractivity contribution in [2.24, 2.45) is 0 Å². The summed E-state index contributed by atoms with van der Waals surface area (Å²) in [7, 11) is 0. The van der Waals surface area contributed by atoms with Gasteiger partial charge in [-0.05, 0) is 56.8 Å². The van der Waals surface area contributed by atoms with Gasteiger partial charge in [0.1, 0.15) is 0 Å². The maximum atomic E-state index is 5.67. The van der Waals surface area contributed by atoms with Gasteiger partial charge >= 0.3 is 0 Å². The lowest BCUT2D eigenvalue weighted by atomic mass is 10.1. The van der Waals surface area contributed by atoms with Gasteiger partial charge in [-0.3, -0.25) is 0 Å². The van der Waals surface area contributed by atoms with Crippen molar-refractivity contribution in [2.45, 2.75) is 56.6 Å². The lowest BCUT2D eigenvalue weighted by Gasteiger charge is -2.15. The lowest BCUT2D eigenvalue weighted by Crippen LogP contribution is -2.19. The fraction of sp³-hybridized carbons (Fsp3) is 0.647. The Kier molecular flexibility index (Phi) is 6.91. The average Bonchev–Trinajstić information content (AvgIpc) is 2.98. The van der Waals surface area contributed by atoms with E-state index in [4.69, 9.17) is 4.74 Å². The van der Waals surface area contributed by atoms with Gasteiger partial charge in [-0.25, -0.2) is 0 Å². The van der Waals surface area contributed by atoms with Crippen LogP contribution in [0.15, 0.2) is 29.2 Å². The first-order chi connectivity index (χ1) is 9.79. The Morgan fingerprint density at radius 3 is 3.10 bits per heavy atom. The molecule has 0 aliphatic carbocycles. The minimum absolute atomic E-state index is 0.439. The zero-order chi connectivity index (χ0) is 14.2. The third-order valence-corrected chi connectivity index (χ3v) is 4.82. The number of hydrogen-bond acceptors (Lipinski definition) is 3. The van der Waals surface area contributed by atoms with E-state index in [-0.39, 0.29) is 0 Å². The van der Waals surface area contributed by atoms with Crippen LogP contribution in [-0.4, -0.2) is 25.0 Å². The van der Waals surface area contributed by atoms with Crippen molar-refractivity contribution in [1.29, 1.82) is 0 Å². The number of hydrogen-bond donors (Lipinski definition) is 1. The maximum absolute atomic E-state index is 5.67. The van der Waals surface area contributed by atoms with E-state index in [9.17, 15) is 0 Å². The monoisotopic (exact) mass is 293 g/mol. The summed E-state index contributed by atoms with van der Waals surface area (Å²) < 4.78 is 5.67. The number of rotatable bonds is 8. The molecule has 1 heterocycles. The van der Waals surface area contributed by atoms with Crippen LogP contribution in [0.3, 0.4) is 0 Å². The molecule has 1 saturated heterocycles. The van der Waals surface area contributed by atoms with Crippen molar-refractivity contribution in [3.8, 4) is 0 Å². The molecule has 2 nitrogen and oxygen atoms in total. The van der Waals surface area contributed by atoms with E-state index >= 15 is 0 Å². The normalized spacial score (nSPS) is 20.2. The molecule has 0 bridgehead atoms. The van der Waals surface area contributed by atoms with Crippen LogP contribution in [0.5, 0.6) is 0 Å². The van der Waals surface area contributed by atoms with Gasteiger partial charge in [-0.15, -0.1) is 11.8 Å². The molecule has 2 unspecified atom stereocenters. The Hall–Kier alpha value is -0.510. The third-order valence-electron chi connectivity index (χ3n) is 3.79. The van der Waals surface area contributed by atoms with Crippen molar-refractivity contribution in [3.63, 3.8) is 0 Å². The van der Waals surface area contributed by atoms with Gasteiger partial charge in [0.05, 0.1) is 6.10 Å². The molecule has 0 spiro atoms. The van der Waals surface area contributed by atoms with Crippen LogP contribution >= 0.6 is 11.8 Å². The molecule has 1 fully saturated rings. The predicted octanol–water partition coefficient (Wildman–Crippen LogP) is 4.41. The zero-order valence-corrected chi connectivity index (χ0v) is 13.5. The molecule has 1 aliphatic heterocycles. The highest BCUT2D eigenvalue weighted by Crippen LogP contribution is 2.25. The predicted molar refractivity (Wildman–Crippen MR) is 87.5 cm³/mol. The first-order valence-electron chi connectivity index (χ1n) is 7.87. The average molecular weight is 293 g/mol. The van der Waals surface area contributed by atoms with Crippen molar-refractivity contribution in [3.05, 3.63) is 29.8 Å². The second kappa shape index (κ2) is 8.71. The van der Waals surface area contributed by atoms with E-state index in [2.05, 4.69) is 43.4 Å². The fourth-order valence-corrected chi connectivity index (χ4v) is 3.54. The molecule has 0 saturated carbocycles. The minimum Gasteiger partial charge on any atom is -0.378 e. The molecule has 0 radical (unpaired) electrons. The van der Waals surface area contributed by atoms with Crippen LogP contribution in [0.1, 0.15) is 51.1 Å². The molecular formula is C17H27NOS. The Labute approximate surface area is 127 Å². The van der Waals surface area contributed by atoms with Crippen molar-refractivity contribution in [1.82, 2.24) is 5.32 Å². The van der Waals surface area contributed by atoms with Gasteiger partial charge in [-0.2, -0.15) is 0 Å². The standard InChI is InChI=1S/C17H27NOS/c1-3-10-18-14(2)15-6-4-8-17(13-15)20-12-9-16-7-5-11-19-16/h4,6,8,13-14,16,18H,3,5,7,9-12H2,1-2H3. The van der Waals surface area contributed by atoms with E-state index in [1.54, 1.807) is 0 Å². The molecule has 1 aromatic carbocycles. The van der Waals surface area contributed by atoms with Gasteiger partial charge in [0.2, 0.25) is 0 Å². The van der Waals surface area contributed by atoms with Crippen LogP contribution in [0.25, 0.3) is 0 Å². The van der Waals surface area contributed by atoms with Gasteiger partial charge in [0.15, 0.2) is 0 Å². The van der Waals surface area contributed by atoms with E-state index in [0.717, 1.165) is 18.9 Å². The molecular weight excluding hydrogens is 266 g/mol. The van der Waals surface area contributed by atoms with Crippen molar-refractivity contribution in [2.75, 3.05) is 18.9 Å². The van der Waals surface area contributed by atoms with Crippen LogP contribution in [-0.2, 0) is 4.74 Å². The Balaban J connectivity index is 1.79. The number of ether oxygens (including phenoxy) is 1. The van der Waals surface area contributed by atoms with Crippen LogP contribution in [0.2, 0.25) is 0 Å². The third kappa shape index (κ3) is 5.12. The summed E-state index contributed by atoms with van der Waals surface area (Å²) in [5.74, 6) is 1.16. The van der Waals surface area contributed by atoms with Gasteiger partial charge < -0.3 is 10.1 Å². The molecule has 0 aromatic heterocycles. The lowest BCUT2D eigenvalue weighted by molar-refractivity contribution is 0.109. The first-order valence-corrected chi connectivity index (χ1v) is 8.86. The highest BCUT2D eigenvalue weighted by molar-refractivity contribution is 7.99. The van der Waals surface area contributed by atoms with Crippen molar-refractivity contribution >= 4 is 11.8 Å². The summed E-state index contributed by atoms with van der Waals surface area (Å²) in [4.78, 5) is 1.38. The number of benzene rings is 1. The van der Waals surface area contributed by atoms with E-state index in [1.807, 2.05) is 11.8 Å². The highest BCUT2D eigenvalue weighted by Gasteiger charge is 2.14. The molecule has 2 rings (SSSR count). The number of thioether (sulfide) groups is 1. The minimum atomic E-state index is 0.439. The molecule has 3 heteroatoms. The molecule has 112 valence electrons. The SMILES string of the molecule is CCCNC(C)c1cccc(SCCC2CCCO2)c1. The van der Waals surface area contributed by atoms with Gasteiger partial charge in [0.25, 0.3) is 0 Å². The summed E-state index contributed by atoms with van der Waals surface area (Å²) in [5.41, 5.74) is 1.39. The molecule has 1 aliphatic rings. The quantitative estimate of drug-likeness (QED) is 0.717. The second-order valence-corrected chi connectivity index (χ2v) is 6.69. The summed E-state index contributed by atoms with van der Waals surface area (Å²) in [5, 5.41) is 3.55. The number of nitrogens with one attached hydrogen (secondary N) is 1. The summed E-state index contributed by atoms with van der Waals surface area (Å²) in [6.07, 6.45) is 5.36. The van der Waals surface area contributed by atoms with Crippen molar-refractivity contribution < 1.29 is 4.74 Å². The van der Waals surface area contributed by atoms with Gasteiger partial charge in [-0.1, -0.05) is 19.1 Å². The highest BCUT2D eigenvalue weighted by atomic mass is 32.2. The summed E-state index contributed by atoms with van der Waals surface area (Å²) in [6, 6.07) is 9.38. The van der Waals surface area contributed by atoms with Gasteiger partial charge in [0, 0.05) is 23.3 Å². The van der Waals surface area contributed by atoms with Crippen LogP contribution < -0.4 is 5.32 Å². The Morgan fingerprint density at radius 1 is 1.45 bits per heavy atom. The molecule has 1 N–H and O–H groups in total. The maximum Gasteiger partial charge on any atom is 0.0584 e. The zero-order valence-electron chi connectivity index (χ0n) is 12.7. The largest absolute Gasteiger partial charge is 0.378 e. The summed E-state index contributed by atoms with van der Waals surface area (Å²) in [6.45, 7) is 6.49. The summed E-state index contributed by atoms with van der Waals surface area (Å²) >= 11 is 1.95. The molecule has 2 atom stereocenters.